The molecular weight excluding hydrogens is 277 g/mol. The van der Waals surface area contributed by atoms with E-state index in [1.54, 1.807) is 6.20 Å². The predicted molar refractivity (Wildman–Crippen MR) is 65.9 cm³/mol. The summed E-state index contributed by atoms with van der Waals surface area (Å²) in [4.78, 5) is 7.88. The Morgan fingerprint density at radius 3 is 3.07 bits per heavy atom. The van der Waals surface area contributed by atoms with Gasteiger partial charge in [0, 0.05) is 6.20 Å². The topological polar surface area (TPSA) is 37.8 Å². The Bertz CT molecular complexity index is 375. The highest BCUT2D eigenvalue weighted by atomic mass is 79.9. The average Bonchev–Trinajstić information content (AvgIpc) is 2.22. The minimum absolute atomic E-state index is 0.0303. The summed E-state index contributed by atoms with van der Waals surface area (Å²) in [7, 11) is 0. The maximum atomic E-state index is 5.69. The lowest BCUT2D eigenvalue weighted by atomic mass is 10.2. The molecule has 1 aromatic heterocycles. The average molecular weight is 289 g/mol. The summed E-state index contributed by atoms with van der Waals surface area (Å²) in [5.41, 5.74) is 0. The first-order valence-electron chi connectivity index (χ1n) is 4.58. The number of halogens is 2. The fourth-order valence-corrected chi connectivity index (χ4v) is 1.54. The first-order chi connectivity index (χ1) is 7.17. The third-order valence-electron chi connectivity index (χ3n) is 1.80. The molecule has 1 heterocycles. The van der Waals surface area contributed by atoms with E-state index in [1.807, 2.05) is 0 Å². The fourth-order valence-electron chi connectivity index (χ4n) is 1.10. The molecule has 0 aliphatic carbocycles. The molecule has 0 aromatic carbocycles. The molecule has 1 rings (SSSR count). The summed E-state index contributed by atoms with van der Waals surface area (Å²) < 4.78 is 0.753. The lowest BCUT2D eigenvalue weighted by Gasteiger charge is -2.13. The van der Waals surface area contributed by atoms with Crippen molar-refractivity contribution in [3.8, 4) is 12.3 Å². The van der Waals surface area contributed by atoms with E-state index in [0.717, 1.165) is 17.3 Å². The maximum absolute atomic E-state index is 5.69. The van der Waals surface area contributed by atoms with Crippen LogP contribution in [0.4, 0.5) is 5.82 Å². The van der Waals surface area contributed by atoms with Crippen molar-refractivity contribution in [2.24, 2.45) is 0 Å². The first-order valence-corrected chi connectivity index (χ1v) is 5.75. The zero-order valence-electron chi connectivity index (χ0n) is 8.30. The van der Waals surface area contributed by atoms with Gasteiger partial charge in [-0.3, -0.25) is 0 Å². The van der Waals surface area contributed by atoms with Crippen molar-refractivity contribution in [2.75, 3.05) is 5.32 Å². The van der Waals surface area contributed by atoms with Gasteiger partial charge in [0.05, 0.1) is 10.5 Å². The van der Waals surface area contributed by atoms with Crippen molar-refractivity contribution >= 4 is 33.3 Å². The molecular formula is C10H11BrClN3. The Hall–Kier alpha value is -0.790. The van der Waals surface area contributed by atoms with E-state index in [9.17, 15) is 0 Å². The van der Waals surface area contributed by atoms with Gasteiger partial charge in [-0.25, -0.2) is 4.98 Å². The summed E-state index contributed by atoms with van der Waals surface area (Å²) in [5.74, 6) is 3.29. The van der Waals surface area contributed by atoms with Crippen LogP contribution in [0.15, 0.2) is 10.7 Å². The number of anilines is 1. The fraction of sp³-hybridized carbons (Fsp3) is 0.400. The number of rotatable bonds is 4. The number of nitrogens with zero attached hydrogens (tertiary/aromatic N) is 2. The van der Waals surface area contributed by atoms with E-state index in [-0.39, 0.29) is 11.3 Å². The van der Waals surface area contributed by atoms with Crippen molar-refractivity contribution in [1.29, 1.82) is 0 Å². The Morgan fingerprint density at radius 1 is 1.73 bits per heavy atom. The van der Waals surface area contributed by atoms with Crippen molar-refractivity contribution < 1.29 is 0 Å². The lowest BCUT2D eigenvalue weighted by molar-refractivity contribution is 0.751. The number of aromatic nitrogens is 2. The van der Waals surface area contributed by atoms with Gasteiger partial charge in [-0.15, -0.1) is 6.42 Å². The Labute approximate surface area is 103 Å². The van der Waals surface area contributed by atoms with Gasteiger partial charge < -0.3 is 5.32 Å². The van der Waals surface area contributed by atoms with Gasteiger partial charge in [-0.1, -0.05) is 19.3 Å². The Kier molecular flexibility index (Phi) is 4.86. The molecule has 1 unspecified atom stereocenters. The molecule has 5 heteroatoms. The largest absolute Gasteiger partial charge is 0.355 e. The second-order valence-corrected chi connectivity index (χ2v) is 4.18. The van der Waals surface area contributed by atoms with Crippen molar-refractivity contribution in [2.45, 2.75) is 25.8 Å². The van der Waals surface area contributed by atoms with Gasteiger partial charge in [0.1, 0.15) is 5.82 Å². The molecule has 1 atom stereocenters. The van der Waals surface area contributed by atoms with Crippen LogP contribution in [0.3, 0.4) is 0 Å². The summed E-state index contributed by atoms with van der Waals surface area (Å²) in [6.45, 7) is 2.08. The molecule has 1 N–H and O–H groups in total. The first kappa shape index (κ1) is 12.3. The molecule has 0 bridgehead atoms. The van der Waals surface area contributed by atoms with Crippen LogP contribution in [0.25, 0.3) is 0 Å². The van der Waals surface area contributed by atoms with E-state index in [2.05, 4.69) is 44.1 Å². The summed E-state index contributed by atoms with van der Waals surface area (Å²) in [6.07, 6.45) is 8.89. The van der Waals surface area contributed by atoms with Gasteiger partial charge in [-0.2, -0.15) is 4.98 Å². The van der Waals surface area contributed by atoms with Gasteiger partial charge >= 0.3 is 0 Å². The zero-order valence-corrected chi connectivity index (χ0v) is 10.6. The third-order valence-corrected chi connectivity index (χ3v) is 2.57. The number of hydrogen-bond donors (Lipinski definition) is 1. The monoisotopic (exact) mass is 287 g/mol. The Balaban J connectivity index is 2.79. The Morgan fingerprint density at radius 2 is 2.47 bits per heavy atom. The SMILES string of the molecule is C#CC(CCC)Nc1nc(Cl)ncc1Br. The molecule has 1 aromatic rings. The van der Waals surface area contributed by atoms with E-state index in [1.165, 1.54) is 0 Å². The highest BCUT2D eigenvalue weighted by Crippen LogP contribution is 2.21. The second-order valence-electron chi connectivity index (χ2n) is 2.99. The lowest BCUT2D eigenvalue weighted by Crippen LogP contribution is -2.18. The smallest absolute Gasteiger partial charge is 0.224 e. The summed E-state index contributed by atoms with van der Waals surface area (Å²) >= 11 is 9.01. The number of hydrogen-bond acceptors (Lipinski definition) is 3. The van der Waals surface area contributed by atoms with Crippen LogP contribution >= 0.6 is 27.5 Å². The van der Waals surface area contributed by atoms with Crippen LogP contribution in [0.1, 0.15) is 19.8 Å². The highest BCUT2D eigenvalue weighted by molar-refractivity contribution is 9.10. The van der Waals surface area contributed by atoms with Crippen LogP contribution in [-0.4, -0.2) is 16.0 Å². The number of nitrogens with one attached hydrogen (secondary N) is 1. The summed E-state index contributed by atoms with van der Waals surface area (Å²) in [6, 6.07) is -0.0303. The van der Waals surface area contributed by atoms with Gasteiger partial charge in [0.2, 0.25) is 5.28 Å². The van der Waals surface area contributed by atoms with E-state index < -0.39 is 0 Å². The van der Waals surface area contributed by atoms with Gasteiger partial charge in [0.15, 0.2) is 0 Å². The van der Waals surface area contributed by atoms with E-state index in [0.29, 0.717) is 5.82 Å². The molecule has 3 nitrogen and oxygen atoms in total. The quantitative estimate of drug-likeness (QED) is 0.683. The molecule has 0 aliphatic rings. The highest BCUT2D eigenvalue weighted by Gasteiger charge is 2.08. The minimum atomic E-state index is -0.0303. The molecule has 0 saturated heterocycles. The molecule has 0 saturated carbocycles. The molecule has 15 heavy (non-hydrogen) atoms. The van der Waals surface area contributed by atoms with Crippen molar-refractivity contribution in [1.82, 2.24) is 9.97 Å². The molecule has 80 valence electrons. The zero-order chi connectivity index (χ0) is 11.3. The summed E-state index contributed by atoms with van der Waals surface area (Å²) in [5, 5.41) is 3.32. The van der Waals surface area contributed by atoms with Crippen LogP contribution in [0.5, 0.6) is 0 Å². The van der Waals surface area contributed by atoms with Crippen LogP contribution in [-0.2, 0) is 0 Å². The van der Waals surface area contributed by atoms with Crippen molar-refractivity contribution in [3.63, 3.8) is 0 Å². The van der Waals surface area contributed by atoms with Crippen LogP contribution < -0.4 is 5.32 Å². The van der Waals surface area contributed by atoms with E-state index >= 15 is 0 Å². The molecule has 0 spiro atoms. The third kappa shape index (κ3) is 3.69. The molecule has 0 amide bonds. The van der Waals surface area contributed by atoms with Crippen LogP contribution in [0, 0.1) is 12.3 Å². The van der Waals surface area contributed by atoms with Gasteiger partial charge in [0.25, 0.3) is 0 Å². The molecule has 0 fully saturated rings. The molecule has 0 aliphatic heterocycles. The second kappa shape index (κ2) is 5.94. The van der Waals surface area contributed by atoms with Gasteiger partial charge in [-0.05, 0) is 34.0 Å². The predicted octanol–water partition coefficient (Wildman–Crippen LogP) is 3.11. The minimum Gasteiger partial charge on any atom is -0.355 e. The van der Waals surface area contributed by atoms with Crippen molar-refractivity contribution in [3.05, 3.63) is 16.0 Å². The maximum Gasteiger partial charge on any atom is 0.224 e. The van der Waals surface area contributed by atoms with Crippen LogP contribution in [0.2, 0.25) is 5.28 Å². The standard InChI is InChI=1S/C10H11BrClN3/c1-3-5-7(4-2)14-9-8(11)6-13-10(12)15-9/h2,6-7H,3,5H2,1H3,(H,13,14,15). The van der Waals surface area contributed by atoms with E-state index in [4.69, 9.17) is 18.0 Å². The normalized spacial score (nSPS) is 11.9. The number of terminal acetylenes is 1. The molecule has 0 radical (unpaired) electrons.